The van der Waals surface area contributed by atoms with Crippen LogP contribution < -0.4 is 10.2 Å². The van der Waals surface area contributed by atoms with Gasteiger partial charge in [-0.2, -0.15) is 11.8 Å². The maximum absolute atomic E-state index is 12.5. The number of carbonyl (C=O) groups excluding carboxylic acids is 1. The van der Waals surface area contributed by atoms with Crippen LogP contribution in [0.4, 0.5) is 10.7 Å². The first-order valence-electron chi connectivity index (χ1n) is 9.63. The van der Waals surface area contributed by atoms with Gasteiger partial charge < -0.3 is 19.9 Å². The van der Waals surface area contributed by atoms with Crippen LogP contribution in [0.25, 0.3) is 0 Å². The van der Waals surface area contributed by atoms with Crippen LogP contribution in [0.2, 0.25) is 0 Å². The van der Waals surface area contributed by atoms with Crippen molar-refractivity contribution in [3.63, 3.8) is 0 Å². The Hall–Kier alpha value is -1.54. The molecule has 2 atom stereocenters. The average Bonchev–Trinajstić information content (AvgIpc) is 3.40. The number of amides is 2. The van der Waals surface area contributed by atoms with E-state index in [-0.39, 0.29) is 12.1 Å². The van der Waals surface area contributed by atoms with E-state index in [1.165, 1.54) is 31.4 Å². The van der Waals surface area contributed by atoms with Gasteiger partial charge in [-0.25, -0.2) is 14.8 Å². The van der Waals surface area contributed by atoms with E-state index >= 15 is 0 Å². The lowest BCUT2D eigenvalue weighted by Gasteiger charge is -2.33. The van der Waals surface area contributed by atoms with Gasteiger partial charge in [0, 0.05) is 37.6 Å². The zero-order chi connectivity index (χ0) is 17.8. The van der Waals surface area contributed by atoms with E-state index in [0.29, 0.717) is 24.9 Å². The van der Waals surface area contributed by atoms with E-state index in [0.717, 1.165) is 31.3 Å². The van der Waals surface area contributed by atoms with Crippen LogP contribution in [0.3, 0.4) is 0 Å². The van der Waals surface area contributed by atoms with Crippen molar-refractivity contribution in [3.05, 3.63) is 18.0 Å². The lowest BCUT2D eigenvalue weighted by Crippen LogP contribution is -2.48. The number of urea groups is 1. The van der Waals surface area contributed by atoms with Crippen molar-refractivity contribution >= 4 is 23.7 Å². The van der Waals surface area contributed by atoms with Crippen molar-refractivity contribution in [2.24, 2.45) is 0 Å². The van der Waals surface area contributed by atoms with Crippen molar-refractivity contribution in [2.75, 3.05) is 50.0 Å². The third kappa shape index (κ3) is 4.23. The molecule has 4 rings (SSSR count). The van der Waals surface area contributed by atoms with Gasteiger partial charge in [-0.1, -0.05) is 0 Å². The van der Waals surface area contributed by atoms with Crippen LogP contribution in [-0.4, -0.2) is 71.2 Å². The quantitative estimate of drug-likeness (QED) is 0.866. The van der Waals surface area contributed by atoms with Crippen LogP contribution in [-0.2, 0) is 4.74 Å². The summed E-state index contributed by atoms with van der Waals surface area (Å²) in [5.74, 6) is 2.00. The minimum atomic E-state index is -0.181. The van der Waals surface area contributed by atoms with Crippen molar-refractivity contribution in [3.8, 4) is 0 Å². The summed E-state index contributed by atoms with van der Waals surface area (Å²) in [6, 6.07) is 1.92. The fraction of sp³-hybridized carbons (Fsp3) is 0.722. The Balaban J connectivity index is 1.35. The van der Waals surface area contributed by atoms with Gasteiger partial charge >= 0.3 is 6.03 Å². The minimum Gasteiger partial charge on any atom is -0.368 e. The molecule has 3 aliphatic rings. The number of thioether (sulfide) groups is 1. The molecule has 26 heavy (non-hydrogen) atoms. The normalized spacial score (nSPS) is 26.3. The monoisotopic (exact) mass is 377 g/mol. The molecule has 7 nitrogen and oxygen atoms in total. The summed E-state index contributed by atoms with van der Waals surface area (Å²) in [4.78, 5) is 25.7. The molecule has 1 aromatic rings. The standard InChI is InChI=1S/C18H27N5O2S/c24-18(20-12-14-4-3-11-26-14)23-9-10-25-16(13-23)15-5-6-19-17(21-15)22-7-1-2-8-22/h5-6,14,16H,1-4,7-13H2,(H,20,24)/t14-,16+/m0/s1. The van der Waals surface area contributed by atoms with Gasteiger partial charge in [-0.3, -0.25) is 0 Å². The highest BCUT2D eigenvalue weighted by Crippen LogP contribution is 2.26. The summed E-state index contributed by atoms with van der Waals surface area (Å²) in [6.45, 7) is 4.51. The van der Waals surface area contributed by atoms with E-state index in [2.05, 4.69) is 15.2 Å². The number of rotatable bonds is 4. The number of ether oxygens (including phenoxy) is 1. The van der Waals surface area contributed by atoms with Crippen LogP contribution in [0.15, 0.2) is 12.3 Å². The Morgan fingerprint density at radius 2 is 2.19 bits per heavy atom. The van der Waals surface area contributed by atoms with Crippen molar-refractivity contribution < 1.29 is 9.53 Å². The molecule has 142 valence electrons. The number of hydrogen-bond donors (Lipinski definition) is 1. The highest BCUT2D eigenvalue weighted by molar-refractivity contribution is 8.00. The van der Waals surface area contributed by atoms with Gasteiger partial charge in [0.2, 0.25) is 5.95 Å². The fourth-order valence-corrected chi connectivity index (χ4v) is 4.94. The van der Waals surface area contributed by atoms with Gasteiger partial charge in [0.15, 0.2) is 0 Å². The van der Waals surface area contributed by atoms with Gasteiger partial charge in [0.25, 0.3) is 0 Å². The van der Waals surface area contributed by atoms with Gasteiger partial charge in [-0.05, 0) is 37.5 Å². The first kappa shape index (κ1) is 17.9. The Kier molecular flexibility index (Phi) is 5.79. The molecule has 4 heterocycles. The van der Waals surface area contributed by atoms with Gasteiger partial charge in [0.1, 0.15) is 6.10 Å². The van der Waals surface area contributed by atoms with Crippen molar-refractivity contribution in [1.82, 2.24) is 20.2 Å². The Morgan fingerprint density at radius 1 is 1.31 bits per heavy atom. The first-order valence-corrected chi connectivity index (χ1v) is 10.7. The lowest BCUT2D eigenvalue weighted by molar-refractivity contribution is -0.0176. The topological polar surface area (TPSA) is 70.6 Å². The summed E-state index contributed by atoms with van der Waals surface area (Å²) >= 11 is 1.96. The number of nitrogens with zero attached hydrogens (tertiary/aromatic N) is 4. The zero-order valence-electron chi connectivity index (χ0n) is 15.1. The van der Waals surface area contributed by atoms with Crippen molar-refractivity contribution in [2.45, 2.75) is 37.0 Å². The smallest absolute Gasteiger partial charge is 0.317 e. The molecule has 8 heteroatoms. The predicted octanol–water partition coefficient (Wildman–Crippen LogP) is 2.06. The Morgan fingerprint density at radius 3 is 3.00 bits per heavy atom. The van der Waals surface area contributed by atoms with Crippen molar-refractivity contribution in [1.29, 1.82) is 0 Å². The Bertz CT molecular complexity index is 619. The van der Waals surface area contributed by atoms with E-state index in [9.17, 15) is 4.79 Å². The fourth-order valence-electron chi connectivity index (χ4n) is 3.74. The molecular weight excluding hydrogens is 350 g/mol. The molecule has 0 radical (unpaired) electrons. The highest BCUT2D eigenvalue weighted by Gasteiger charge is 2.28. The summed E-state index contributed by atoms with van der Waals surface area (Å²) < 4.78 is 5.91. The molecule has 0 saturated carbocycles. The average molecular weight is 378 g/mol. The van der Waals surface area contributed by atoms with Crippen LogP contribution in [0.1, 0.15) is 37.5 Å². The molecular formula is C18H27N5O2S. The van der Waals surface area contributed by atoms with Gasteiger partial charge in [0.05, 0.1) is 18.8 Å². The maximum Gasteiger partial charge on any atom is 0.317 e. The molecule has 0 aromatic carbocycles. The highest BCUT2D eigenvalue weighted by atomic mass is 32.2. The second-order valence-electron chi connectivity index (χ2n) is 7.10. The largest absolute Gasteiger partial charge is 0.368 e. The third-order valence-corrected chi connectivity index (χ3v) is 6.64. The number of hydrogen-bond acceptors (Lipinski definition) is 6. The molecule has 1 aromatic heterocycles. The minimum absolute atomic E-state index is 0.0135. The second kappa shape index (κ2) is 8.43. The molecule has 0 aliphatic carbocycles. The number of nitrogens with one attached hydrogen (secondary N) is 1. The lowest BCUT2D eigenvalue weighted by atomic mass is 10.2. The SMILES string of the molecule is O=C(NC[C@@H]1CCCS1)N1CCO[C@@H](c2ccnc(N3CCCC3)n2)C1. The van der Waals surface area contributed by atoms with E-state index in [1.807, 2.05) is 22.7 Å². The summed E-state index contributed by atoms with van der Waals surface area (Å²) in [7, 11) is 0. The van der Waals surface area contributed by atoms with E-state index in [4.69, 9.17) is 9.72 Å². The number of aromatic nitrogens is 2. The predicted molar refractivity (Wildman–Crippen MR) is 103 cm³/mol. The molecule has 2 amide bonds. The zero-order valence-corrected chi connectivity index (χ0v) is 15.9. The van der Waals surface area contributed by atoms with Gasteiger partial charge in [-0.15, -0.1) is 0 Å². The molecule has 0 spiro atoms. The molecule has 3 saturated heterocycles. The van der Waals surface area contributed by atoms with Crippen LogP contribution in [0, 0.1) is 0 Å². The number of carbonyl (C=O) groups is 1. The number of morpholine rings is 1. The molecule has 0 bridgehead atoms. The van der Waals surface area contributed by atoms with Crippen LogP contribution in [0.5, 0.6) is 0 Å². The van der Waals surface area contributed by atoms with E-state index in [1.54, 1.807) is 6.20 Å². The third-order valence-electron chi connectivity index (χ3n) is 5.24. The number of anilines is 1. The molecule has 3 fully saturated rings. The summed E-state index contributed by atoms with van der Waals surface area (Å²) in [6.07, 6.45) is 6.48. The Labute approximate surface area is 158 Å². The molecule has 1 N–H and O–H groups in total. The molecule has 3 aliphatic heterocycles. The molecule has 0 unspecified atom stereocenters. The summed E-state index contributed by atoms with van der Waals surface area (Å²) in [5, 5.41) is 3.66. The summed E-state index contributed by atoms with van der Waals surface area (Å²) in [5.41, 5.74) is 0.866. The van der Waals surface area contributed by atoms with Crippen LogP contribution >= 0.6 is 11.8 Å². The van der Waals surface area contributed by atoms with E-state index < -0.39 is 0 Å². The second-order valence-corrected chi connectivity index (χ2v) is 8.51. The first-order chi connectivity index (χ1) is 12.8. The maximum atomic E-state index is 12.5.